The summed E-state index contributed by atoms with van der Waals surface area (Å²) in [6.45, 7) is 8.21. The number of amides is 5. The van der Waals surface area contributed by atoms with Gasteiger partial charge in [0, 0.05) is 33.0 Å². The number of ether oxygens (including phenoxy) is 2. The van der Waals surface area contributed by atoms with Gasteiger partial charge in [-0.3, -0.25) is 29.0 Å². The first kappa shape index (κ1) is 50.1. The fourth-order valence-corrected chi connectivity index (χ4v) is 6.51. The van der Waals surface area contributed by atoms with E-state index in [4.69, 9.17) is 20.9 Å². The molecule has 1 aromatic rings. The number of rotatable bonds is 13. The van der Waals surface area contributed by atoms with Gasteiger partial charge in [-0.05, 0) is 45.1 Å². The molecule has 8 atom stereocenters. The van der Waals surface area contributed by atoms with Gasteiger partial charge in [0.1, 0.15) is 23.8 Å². The minimum atomic E-state index is -1.79. The fraction of sp³-hybridized carbons (Fsp3) is 0.524. The van der Waals surface area contributed by atoms with E-state index in [1.54, 1.807) is 19.3 Å². The fourth-order valence-electron chi connectivity index (χ4n) is 6.51. The molecule has 0 spiro atoms. The van der Waals surface area contributed by atoms with Crippen LogP contribution >= 0.6 is 0 Å². The number of guanidine groups is 1. The lowest BCUT2D eigenvalue weighted by Gasteiger charge is -2.28. The molecule has 0 aliphatic carbocycles. The Morgan fingerprint density at radius 3 is 2.22 bits per heavy atom. The van der Waals surface area contributed by atoms with Crippen molar-refractivity contribution in [2.24, 2.45) is 34.2 Å². The van der Waals surface area contributed by atoms with Crippen LogP contribution < -0.4 is 32.7 Å². The molecule has 0 saturated carbocycles. The molecular formula is C42H62N8O10. The number of methoxy groups -OCH3 is 2. The molecule has 18 heteroatoms. The molecule has 18 nitrogen and oxygen atoms in total. The minimum absolute atomic E-state index is 0.0154. The van der Waals surface area contributed by atoms with Gasteiger partial charge in [0.25, 0.3) is 5.91 Å². The largest absolute Gasteiger partial charge is 0.480 e. The maximum absolute atomic E-state index is 14.1. The maximum Gasteiger partial charge on any atom is 0.328 e. The number of hydrogen-bond acceptors (Lipinski definition) is 10. The third-order valence-electron chi connectivity index (χ3n) is 10.3. The van der Waals surface area contributed by atoms with E-state index < -0.39 is 77.5 Å². The van der Waals surface area contributed by atoms with E-state index in [9.17, 15) is 38.7 Å². The van der Waals surface area contributed by atoms with Crippen molar-refractivity contribution < 1.29 is 48.1 Å². The standard InChI is InChI=1S/C42H62N8O10/c1-9-32-39(55)49-35(40(56)57)27(5)37(53)47-30(16-13-21-45-42(43)44)38(54)46-29(26(4)36(52)48-31(41(58)60-8)19-20-34(51)50(32)6)18-17-24(2)22-25(3)33(59-7)23-28-14-11-10-12-15-28/h9-12,14-15,17-18,22,25-27,29-31,33,35H,13,16,19-21,23H2,1-8H3,(H,46,54)(H,47,53)(H,48,52)(H,49,55)(H,56,57)(H4,43,44,45)/b18-17+,24-22+,32-9-/t25-,26-,27-,29?,30?,31+,33-,35?/m0/s1. The zero-order chi connectivity index (χ0) is 45.1. The van der Waals surface area contributed by atoms with Crippen molar-refractivity contribution >= 4 is 47.4 Å². The summed E-state index contributed by atoms with van der Waals surface area (Å²) in [7, 11) is 4.05. The maximum atomic E-state index is 14.1. The van der Waals surface area contributed by atoms with Crippen LogP contribution in [0.1, 0.15) is 65.9 Å². The quantitative estimate of drug-likeness (QED) is 0.0367. The van der Waals surface area contributed by atoms with Gasteiger partial charge in [-0.15, -0.1) is 0 Å². The Bertz CT molecular complexity index is 1790. The molecule has 1 aliphatic rings. The predicted molar refractivity (Wildman–Crippen MR) is 224 cm³/mol. The van der Waals surface area contributed by atoms with Crippen LogP contribution in [0, 0.1) is 17.8 Å². The van der Waals surface area contributed by atoms with Gasteiger partial charge in [0.05, 0.1) is 31.1 Å². The highest BCUT2D eigenvalue weighted by Crippen LogP contribution is 2.19. The van der Waals surface area contributed by atoms with Crippen LogP contribution in [-0.4, -0.2) is 116 Å². The van der Waals surface area contributed by atoms with Crippen molar-refractivity contribution in [3.63, 3.8) is 0 Å². The van der Waals surface area contributed by atoms with Crippen LogP contribution in [-0.2, 0) is 49.5 Å². The molecule has 330 valence electrons. The molecule has 1 aliphatic heterocycles. The number of nitrogens with two attached hydrogens (primary N) is 2. The zero-order valence-corrected chi connectivity index (χ0v) is 35.7. The van der Waals surface area contributed by atoms with Crippen LogP contribution in [0.4, 0.5) is 0 Å². The summed E-state index contributed by atoms with van der Waals surface area (Å²) in [4.78, 5) is 98.7. The van der Waals surface area contributed by atoms with Crippen molar-refractivity contribution in [1.82, 2.24) is 26.2 Å². The van der Waals surface area contributed by atoms with Crippen molar-refractivity contribution in [1.29, 1.82) is 0 Å². The van der Waals surface area contributed by atoms with E-state index in [0.29, 0.717) is 6.42 Å². The zero-order valence-electron chi connectivity index (χ0n) is 35.7. The number of nitrogens with one attached hydrogen (secondary N) is 4. The number of esters is 1. The Morgan fingerprint density at radius 2 is 1.63 bits per heavy atom. The molecule has 0 aromatic heterocycles. The average molecular weight is 839 g/mol. The molecule has 1 aromatic carbocycles. The van der Waals surface area contributed by atoms with E-state index in [-0.39, 0.29) is 55.9 Å². The highest BCUT2D eigenvalue weighted by molar-refractivity contribution is 6.00. The van der Waals surface area contributed by atoms with E-state index in [1.165, 1.54) is 33.9 Å². The Hall–Kier alpha value is -6.04. The number of carboxylic acids is 1. The summed E-state index contributed by atoms with van der Waals surface area (Å²) in [5, 5.41) is 20.5. The van der Waals surface area contributed by atoms with Crippen molar-refractivity contribution in [3.8, 4) is 0 Å². The van der Waals surface area contributed by atoms with E-state index in [0.717, 1.165) is 23.1 Å². The molecular weight excluding hydrogens is 777 g/mol. The third-order valence-corrected chi connectivity index (χ3v) is 10.3. The van der Waals surface area contributed by atoms with Gasteiger partial charge in [0.15, 0.2) is 5.96 Å². The lowest BCUT2D eigenvalue weighted by atomic mass is 9.94. The number of carbonyl (C=O) groups excluding carboxylic acids is 6. The number of aliphatic carboxylic acids is 1. The Balaban J connectivity index is 2.66. The highest BCUT2D eigenvalue weighted by atomic mass is 16.5. The van der Waals surface area contributed by atoms with Gasteiger partial charge in [-0.2, -0.15) is 0 Å². The smallest absolute Gasteiger partial charge is 0.328 e. The lowest BCUT2D eigenvalue weighted by molar-refractivity contribution is -0.146. The Kier molecular flexibility index (Phi) is 20.7. The SMILES string of the molecule is C/C=C1/C(=O)NC(C(=O)O)[C@H](C)C(=O)NC(CCCN=C(N)N)C(=O)NC(/C=C/C(C)=C/[C@H](C)[C@H](Cc2ccccc2)OC)[C@H](C)C(=O)N[C@@H](C(=O)OC)CCC(=O)N1C. The monoisotopic (exact) mass is 838 g/mol. The summed E-state index contributed by atoms with van der Waals surface area (Å²) < 4.78 is 10.7. The molecule has 2 rings (SSSR count). The highest BCUT2D eigenvalue weighted by Gasteiger charge is 2.37. The molecule has 1 fully saturated rings. The molecule has 0 bridgehead atoms. The summed E-state index contributed by atoms with van der Waals surface area (Å²) in [5.74, 6) is -8.99. The van der Waals surface area contributed by atoms with Gasteiger partial charge >= 0.3 is 11.9 Å². The normalized spacial score (nSPS) is 24.8. The van der Waals surface area contributed by atoms with Crippen LogP contribution in [0.2, 0.25) is 0 Å². The number of likely N-dealkylation sites (N-methyl/N-ethyl adjacent to an activating group) is 1. The van der Waals surface area contributed by atoms with Crippen molar-refractivity contribution in [2.75, 3.05) is 27.8 Å². The summed E-state index contributed by atoms with van der Waals surface area (Å²) in [6, 6.07) is 4.48. The number of allylic oxidation sites excluding steroid dienone is 3. The van der Waals surface area contributed by atoms with Crippen molar-refractivity contribution in [3.05, 3.63) is 71.5 Å². The van der Waals surface area contributed by atoms with E-state index in [2.05, 4.69) is 26.3 Å². The second kappa shape index (κ2) is 24.8. The molecule has 5 amide bonds. The first-order valence-corrected chi connectivity index (χ1v) is 19.8. The first-order chi connectivity index (χ1) is 28.3. The predicted octanol–water partition coefficient (Wildman–Crippen LogP) is 1.06. The molecule has 3 unspecified atom stereocenters. The number of aliphatic imine (C=N–C) groups is 1. The van der Waals surface area contributed by atoms with Crippen LogP contribution in [0.5, 0.6) is 0 Å². The third kappa shape index (κ3) is 15.6. The molecule has 1 heterocycles. The number of benzene rings is 1. The second-order valence-electron chi connectivity index (χ2n) is 14.8. The number of hydrogen-bond donors (Lipinski definition) is 7. The summed E-state index contributed by atoms with van der Waals surface area (Å²) in [6.07, 6.45) is 6.75. The molecule has 0 radical (unpaired) electrons. The number of carboxylic acid groups (broad SMARTS) is 1. The number of nitrogens with zero attached hydrogens (tertiary/aromatic N) is 2. The van der Waals surface area contributed by atoms with Crippen LogP contribution in [0.3, 0.4) is 0 Å². The van der Waals surface area contributed by atoms with E-state index in [1.807, 2.05) is 50.3 Å². The van der Waals surface area contributed by atoms with Gasteiger partial charge in [-0.1, -0.05) is 81.0 Å². The number of carbonyl (C=O) groups is 7. The van der Waals surface area contributed by atoms with E-state index >= 15 is 0 Å². The topological polar surface area (TPSA) is 274 Å². The Morgan fingerprint density at radius 1 is 0.983 bits per heavy atom. The Labute approximate surface area is 351 Å². The van der Waals surface area contributed by atoms with Crippen LogP contribution in [0.15, 0.2) is 70.9 Å². The van der Waals surface area contributed by atoms with Crippen LogP contribution in [0.25, 0.3) is 0 Å². The van der Waals surface area contributed by atoms with Crippen molar-refractivity contribution in [2.45, 2.75) is 97.0 Å². The summed E-state index contributed by atoms with van der Waals surface area (Å²) >= 11 is 0. The summed E-state index contributed by atoms with van der Waals surface area (Å²) in [5.41, 5.74) is 12.6. The molecule has 60 heavy (non-hydrogen) atoms. The van der Waals surface area contributed by atoms with Gasteiger partial charge in [0.2, 0.25) is 23.6 Å². The molecule has 1 saturated heterocycles. The first-order valence-electron chi connectivity index (χ1n) is 19.8. The minimum Gasteiger partial charge on any atom is -0.480 e. The van der Waals surface area contributed by atoms with Gasteiger partial charge < -0.3 is 52.2 Å². The lowest BCUT2D eigenvalue weighted by Crippen LogP contribution is -2.56. The van der Waals surface area contributed by atoms with Gasteiger partial charge in [-0.25, -0.2) is 9.59 Å². The molecule has 9 N–H and O–H groups in total. The average Bonchev–Trinajstić information content (AvgIpc) is 3.21. The second-order valence-corrected chi connectivity index (χ2v) is 14.8.